The molecule has 5 rings (SSSR count). The van der Waals surface area contributed by atoms with E-state index in [4.69, 9.17) is 0 Å². The Bertz CT molecular complexity index is 773. The van der Waals surface area contributed by atoms with Gasteiger partial charge in [-0.2, -0.15) is 0 Å². The van der Waals surface area contributed by atoms with E-state index in [-0.39, 0.29) is 22.3 Å². The minimum absolute atomic E-state index is 0.0192. The summed E-state index contributed by atoms with van der Waals surface area (Å²) in [5, 5.41) is 23.4. The summed E-state index contributed by atoms with van der Waals surface area (Å²) in [5.74, 6) is 3.11. The van der Waals surface area contributed by atoms with Crippen LogP contribution in [0.3, 0.4) is 0 Å². The minimum Gasteiger partial charge on any atom is -0.393 e. The number of fused-ring (bicyclic) bond motifs is 7. The molecule has 0 bridgehead atoms. The van der Waals surface area contributed by atoms with E-state index in [9.17, 15) is 10.2 Å². The van der Waals surface area contributed by atoms with Gasteiger partial charge in [-0.25, -0.2) is 0 Å². The van der Waals surface area contributed by atoms with Crippen LogP contribution in [0.4, 0.5) is 0 Å². The summed E-state index contributed by atoms with van der Waals surface area (Å²) in [7, 11) is 0. The summed E-state index contributed by atoms with van der Waals surface area (Å²) < 4.78 is 0. The Morgan fingerprint density at radius 1 is 0.625 bits per heavy atom. The van der Waals surface area contributed by atoms with Gasteiger partial charge in [0.05, 0.1) is 11.7 Å². The molecule has 10 atom stereocenters. The Kier molecular flexibility index (Phi) is 5.01. The maximum atomic E-state index is 12.5. The molecule has 32 heavy (non-hydrogen) atoms. The molecule has 5 aliphatic rings. The first kappa shape index (κ1) is 23.7. The van der Waals surface area contributed by atoms with Gasteiger partial charge < -0.3 is 10.2 Å². The number of hydrogen-bond donors (Lipinski definition) is 2. The van der Waals surface area contributed by atoms with Crippen molar-refractivity contribution in [3.05, 3.63) is 0 Å². The van der Waals surface area contributed by atoms with Gasteiger partial charge in [-0.05, 0) is 121 Å². The number of rotatable bonds is 1. The summed E-state index contributed by atoms with van der Waals surface area (Å²) in [6.07, 6.45) is 11.7. The lowest BCUT2D eigenvalue weighted by atomic mass is 9.32. The quantitative estimate of drug-likeness (QED) is 0.448. The van der Waals surface area contributed by atoms with Gasteiger partial charge in [-0.1, -0.05) is 55.4 Å². The standard InChI is InChI=1S/C30H52O2/c1-19(2)20-11-16-30(32)23-10-9-22-26(5)14-13-24(31)25(3,4)21(26)12-15-28(22,7)29(23,8)18-17-27(20,30)6/h19-24,31-32H,9-18H2,1-8H3/t20-,21-,22-,23+,24+,26+,27-,28-,29-,30+/m1/s1. The van der Waals surface area contributed by atoms with Crippen LogP contribution >= 0.6 is 0 Å². The first-order chi connectivity index (χ1) is 14.7. The van der Waals surface area contributed by atoms with E-state index in [1.54, 1.807) is 0 Å². The highest BCUT2D eigenvalue weighted by Crippen LogP contribution is 2.78. The lowest BCUT2D eigenvalue weighted by molar-refractivity contribution is -0.281. The lowest BCUT2D eigenvalue weighted by Crippen LogP contribution is -2.70. The van der Waals surface area contributed by atoms with Gasteiger partial charge in [-0.15, -0.1) is 0 Å². The molecule has 0 aromatic carbocycles. The second-order valence-corrected chi connectivity index (χ2v) is 15.2. The second kappa shape index (κ2) is 6.77. The molecule has 5 aliphatic carbocycles. The first-order valence-electron chi connectivity index (χ1n) is 14.1. The normalized spacial score (nSPS) is 59.2. The number of aliphatic hydroxyl groups is 2. The van der Waals surface area contributed by atoms with Crippen LogP contribution in [0.25, 0.3) is 0 Å². The monoisotopic (exact) mass is 444 g/mol. The predicted octanol–water partition coefficient (Wildman–Crippen LogP) is 7.22. The molecule has 5 fully saturated rings. The van der Waals surface area contributed by atoms with E-state index in [1.807, 2.05) is 0 Å². The molecule has 0 unspecified atom stereocenters. The fraction of sp³-hybridized carbons (Fsp3) is 1.00. The zero-order chi connectivity index (χ0) is 23.5. The molecule has 184 valence electrons. The largest absolute Gasteiger partial charge is 0.393 e. The van der Waals surface area contributed by atoms with Crippen molar-refractivity contribution < 1.29 is 10.2 Å². The second-order valence-electron chi connectivity index (χ2n) is 15.2. The van der Waals surface area contributed by atoms with E-state index in [2.05, 4.69) is 55.4 Å². The highest BCUT2D eigenvalue weighted by atomic mass is 16.3. The summed E-state index contributed by atoms with van der Waals surface area (Å²) >= 11 is 0. The third-order valence-electron chi connectivity index (χ3n) is 14.0. The zero-order valence-corrected chi connectivity index (χ0v) is 22.4. The average Bonchev–Trinajstić information content (AvgIpc) is 2.98. The fourth-order valence-corrected chi connectivity index (χ4v) is 12.0. The van der Waals surface area contributed by atoms with Crippen LogP contribution in [0.15, 0.2) is 0 Å². The van der Waals surface area contributed by atoms with Gasteiger partial charge in [-0.3, -0.25) is 0 Å². The van der Waals surface area contributed by atoms with Crippen molar-refractivity contribution in [2.24, 2.45) is 56.7 Å². The summed E-state index contributed by atoms with van der Waals surface area (Å²) in [4.78, 5) is 0. The maximum absolute atomic E-state index is 12.5. The molecule has 0 aromatic rings. The fourth-order valence-electron chi connectivity index (χ4n) is 12.0. The van der Waals surface area contributed by atoms with Crippen molar-refractivity contribution in [1.29, 1.82) is 0 Å². The van der Waals surface area contributed by atoms with Crippen LogP contribution in [-0.2, 0) is 0 Å². The van der Waals surface area contributed by atoms with Crippen LogP contribution in [0.1, 0.15) is 120 Å². The highest BCUT2D eigenvalue weighted by molar-refractivity contribution is 5.23. The van der Waals surface area contributed by atoms with Crippen LogP contribution in [0, 0.1) is 56.7 Å². The molecule has 0 amide bonds. The molecule has 2 N–H and O–H groups in total. The van der Waals surface area contributed by atoms with E-state index < -0.39 is 5.60 Å². The molecule has 0 spiro atoms. The third-order valence-corrected chi connectivity index (χ3v) is 14.0. The Labute approximate surface area is 198 Å². The number of aliphatic hydroxyl groups excluding tert-OH is 1. The Morgan fingerprint density at radius 2 is 1.22 bits per heavy atom. The first-order valence-corrected chi connectivity index (χ1v) is 14.1. The lowest BCUT2D eigenvalue weighted by Gasteiger charge is -2.74. The van der Waals surface area contributed by atoms with Crippen molar-refractivity contribution in [3.8, 4) is 0 Å². The maximum Gasteiger partial charge on any atom is 0.0737 e. The topological polar surface area (TPSA) is 40.5 Å². The molecule has 0 heterocycles. The number of hydrogen-bond acceptors (Lipinski definition) is 2. The van der Waals surface area contributed by atoms with Gasteiger partial charge in [0.2, 0.25) is 0 Å². The smallest absolute Gasteiger partial charge is 0.0737 e. The van der Waals surface area contributed by atoms with Crippen LogP contribution in [-0.4, -0.2) is 21.9 Å². The van der Waals surface area contributed by atoms with Crippen LogP contribution in [0.2, 0.25) is 0 Å². The van der Waals surface area contributed by atoms with Crippen molar-refractivity contribution in [2.75, 3.05) is 0 Å². The van der Waals surface area contributed by atoms with Gasteiger partial charge in [0.1, 0.15) is 0 Å². The van der Waals surface area contributed by atoms with E-state index in [0.717, 1.165) is 18.8 Å². The molecular formula is C30H52O2. The van der Waals surface area contributed by atoms with E-state index in [1.165, 1.54) is 51.4 Å². The Balaban J connectivity index is 1.54. The van der Waals surface area contributed by atoms with Crippen molar-refractivity contribution in [2.45, 2.75) is 131 Å². The molecule has 2 heteroatoms. The van der Waals surface area contributed by atoms with E-state index >= 15 is 0 Å². The molecule has 0 saturated heterocycles. The minimum atomic E-state index is -0.483. The van der Waals surface area contributed by atoms with Gasteiger partial charge in [0, 0.05) is 0 Å². The zero-order valence-electron chi connectivity index (χ0n) is 22.4. The third kappa shape index (κ3) is 2.51. The van der Waals surface area contributed by atoms with Gasteiger partial charge >= 0.3 is 0 Å². The van der Waals surface area contributed by atoms with E-state index in [0.29, 0.717) is 34.5 Å². The van der Waals surface area contributed by atoms with Crippen molar-refractivity contribution in [1.82, 2.24) is 0 Å². The van der Waals surface area contributed by atoms with Crippen LogP contribution < -0.4 is 0 Å². The summed E-state index contributed by atoms with van der Waals surface area (Å²) in [5.41, 5.74) is 0.473. The molecule has 5 saturated carbocycles. The van der Waals surface area contributed by atoms with Crippen molar-refractivity contribution >= 4 is 0 Å². The van der Waals surface area contributed by atoms with Crippen LogP contribution in [0.5, 0.6) is 0 Å². The van der Waals surface area contributed by atoms with Gasteiger partial charge in [0.25, 0.3) is 0 Å². The predicted molar refractivity (Wildman–Crippen MR) is 132 cm³/mol. The Hall–Kier alpha value is -0.0800. The summed E-state index contributed by atoms with van der Waals surface area (Å²) in [6.45, 7) is 19.8. The highest BCUT2D eigenvalue weighted by Gasteiger charge is 2.74. The summed E-state index contributed by atoms with van der Waals surface area (Å²) in [6, 6.07) is 0. The Morgan fingerprint density at radius 3 is 1.88 bits per heavy atom. The van der Waals surface area contributed by atoms with Gasteiger partial charge in [0.15, 0.2) is 0 Å². The average molecular weight is 445 g/mol. The van der Waals surface area contributed by atoms with Crippen molar-refractivity contribution in [3.63, 3.8) is 0 Å². The molecular weight excluding hydrogens is 392 g/mol. The SMILES string of the molecule is CC(C)[C@H]1CC[C@]2(O)[C@H]3CC[C@@H]4[C@@]5(C)CC[C@H](O)C(C)(C)[C@H]5CC[C@@]4(C)[C@]3(C)CC[C@]12C. The molecule has 2 nitrogen and oxygen atoms in total. The molecule has 0 aliphatic heterocycles. The molecule has 0 aromatic heterocycles. The molecule has 0 radical (unpaired) electrons.